The lowest BCUT2D eigenvalue weighted by Crippen LogP contribution is -2.43. The molecule has 1 aromatic heterocycles. The van der Waals surface area contributed by atoms with Crippen LogP contribution < -0.4 is 20.5 Å². The summed E-state index contributed by atoms with van der Waals surface area (Å²) >= 11 is 0. The highest BCUT2D eigenvalue weighted by atomic mass is 19.1. The number of piperazine rings is 1. The molecule has 2 aliphatic heterocycles. The van der Waals surface area contributed by atoms with Crippen molar-refractivity contribution in [3.63, 3.8) is 0 Å². The SMILES string of the molecule is O=c1c(-c2cccc(N3CCNCC3)c2)c[nH]cc1-c1ccc(N2CCCC2)c(F)c1. The molecule has 5 nitrogen and oxygen atoms in total. The van der Waals surface area contributed by atoms with Crippen molar-refractivity contribution in [3.8, 4) is 22.3 Å². The molecule has 0 amide bonds. The van der Waals surface area contributed by atoms with E-state index in [-0.39, 0.29) is 11.2 Å². The fourth-order valence-corrected chi connectivity index (χ4v) is 4.60. The van der Waals surface area contributed by atoms with Gasteiger partial charge in [0.15, 0.2) is 5.43 Å². The normalized spacial score (nSPS) is 16.7. The predicted octanol–water partition coefficient (Wildman–Crippen LogP) is 3.86. The van der Waals surface area contributed by atoms with Crippen LogP contribution in [0, 0.1) is 5.82 Å². The van der Waals surface area contributed by atoms with Crippen LogP contribution in [0.3, 0.4) is 0 Å². The fraction of sp³-hybridized carbons (Fsp3) is 0.320. The van der Waals surface area contributed by atoms with Gasteiger partial charge in [-0.05, 0) is 48.2 Å². The Kier molecular flexibility index (Phi) is 5.47. The van der Waals surface area contributed by atoms with Gasteiger partial charge in [0.25, 0.3) is 0 Å². The first-order valence-corrected chi connectivity index (χ1v) is 11.0. The Balaban J connectivity index is 1.48. The Bertz CT molecular complexity index is 1130. The number of pyridine rings is 1. The monoisotopic (exact) mass is 418 g/mol. The third-order valence-electron chi connectivity index (χ3n) is 6.29. The molecule has 0 atom stereocenters. The van der Waals surface area contributed by atoms with Crippen LogP contribution in [0.1, 0.15) is 12.8 Å². The molecule has 31 heavy (non-hydrogen) atoms. The minimum atomic E-state index is -0.273. The smallest absolute Gasteiger partial charge is 0.197 e. The second-order valence-electron chi connectivity index (χ2n) is 8.26. The third-order valence-corrected chi connectivity index (χ3v) is 6.29. The van der Waals surface area contributed by atoms with Crippen molar-refractivity contribution in [1.82, 2.24) is 10.3 Å². The maximum absolute atomic E-state index is 14.8. The number of anilines is 2. The third kappa shape index (κ3) is 3.95. The van der Waals surface area contributed by atoms with Gasteiger partial charge in [0, 0.05) is 68.5 Å². The molecule has 0 aliphatic carbocycles. The molecule has 5 rings (SSSR count). The van der Waals surface area contributed by atoms with Gasteiger partial charge in [-0.25, -0.2) is 4.39 Å². The summed E-state index contributed by atoms with van der Waals surface area (Å²) in [6.07, 6.45) is 5.58. The van der Waals surface area contributed by atoms with Gasteiger partial charge in [0.2, 0.25) is 0 Å². The van der Waals surface area contributed by atoms with E-state index < -0.39 is 0 Å². The van der Waals surface area contributed by atoms with Crippen LogP contribution >= 0.6 is 0 Å². The molecule has 2 N–H and O–H groups in total. The first-order chi connectivity index (χ1) is 15.2. The Morgan fingerprint density at radius 2 is 1.52 bits per heavy atom. The van der Waals surface area contributed by atoms with Crippen molar-refractivity contribution in [2.75, 3.05) is 49.1 Å². The molecule has 0 bridgehead atoms. The van der Waals surface area contributed by atoms with Crippen molar-refractivity contribution < 1.29 is 4.39 Å². The molecular weight excluding hydrogens is 391 g/mol. The van der Waals surface area contributed by atoms with E-state index in [0.29, 0.717) is 22.4 Å². The van der Waals surface area contributed by atoms with E-state index in [2.05, 4.69) is 32.2 Å². The molecule has 2 aromatic carbocycles. The summed E-state index contributed by atoms with van der Waals surface area (Å²) in [5.41, 5.74) is 4.19. The van der Waals surface area contributed by atoms with Crippen LogP contribution in [-0.2, 0) is 0 Å². The largest absolute Gasteiger partial charge is 0.369 e. The number of benzene rings is 2. The molecule has 6 heteroatoms. The number of rotatable bonds is 4. The molecule has 0 radical (unpaired) electrons. The van der Waals surface area contributed by atoms with Crippen molar-refractivity contribution in [3.05, 3.63) is 70.9 Å². The number of nitrogens with zero attached hydrogens (tertiary/aromatic N) is 2. The number of aromatic nitrogens is 1. The van der Waals surface area contributed by atoms with Gasteiger partial charge >= 0.3 is 0 Å². The highest BCUT2D eigenvalue weighted by molar-refractivity contribution is 5.74. The highest BCUT2D eigenvalue weighted by Gasteiger charge is 2.18. The van der Waals surface area contributed by atoms with Crippen LogP contribution in [0.5, 0.6) is 0 Å². The number of hydrogen-bond donors (Lipinski definition) is 2. The lowest BCUT2D eigenvalue weighted by atomic mass is 10.00. The van der Waals surface area contributed by atoms with Gasteiger partial charge in [-0.2, -0.15) is 0 Å². The molecule has 0 unspecified atom stereocenters. The minimum Gasteiger partial charge on any atom is -0.369 e. The molecule has 2 aliphatic rings. The van der Waals surface area contributed by atoms with Crippen LogP contribution in [0.15, 0.2) is 59.7 Å². The standard InChI is InChI=1S/C25H27FN4O/c26-23-15-19(6-7-24(23)30-10-1-2-11-30)22-17-28-16-21(25(22)31)18-4-3-5-20(14-18)29-12-8-27-9-13-29/h3-7,14-17,27H,1-2,8-13H2,(H,28,31). The summed E-state index contributed by atoms with van der Waals surface area (Å²) in [6.45, 7) is 5.58. The molecule has 160 valence electrons. The Morgan fingerprint density at radius 3 is 2.23 bits per heavy atom. The van der Waals surface area contributed by atoms with Gasteiger partial charge in [-0.1, -0.05) is 18.2 Å². The van der Waals surface area contributed by atoms with E-state index in [0.717, 1.165) is 63.4 Å². The second-order valence-corrected chi connectivity index (χ2v) is 8.26. The number of nitrogens with one attached hydrogen (secondary N) is 2. The van der Waals surface area contributed by atoms with Crippen LogP contribution in [0.4, 0.5) is 15.8 Å². The quantitative estimate of drug-likeness (QED) is 0.676. The van der Waals surface area contributed by atoms with Crippen molar-refractivity contribution in [2.24, 2.45) is 0 Å². The van der Waals surface area contributed by atoms with E-state index >= 15 is 0 Å². The van der Waals surface area contributed by atoms with E-state index in [1.807, 2.05) is 18.2 Å². The van der Waals surface area contributed by atoms with E-state index in [1.165, 1.54) is 6.07 Å². The number of halogens is 1. The van der Waals surface area contributed by atoms with E-state index in [9.17, 15) is 9.18 Å². The zero-order valence-corrected chi connectivity index (χ0v) is 17.5. The minimum absolute atomic E-state index is 0.0930. The first kappa shape index (κ1) is 19.8. The molecule has 0 spiro atoms. The van der Waals surface area contributed by atoms with E-state index in [1.54, 1.807) is 18.5 Å². The maximum Gasteiger partial charge on any atom is 0.197 e. The predicted molar refractivity (Wildman–Crippen MR) is 124 cm³/mol. The summed E-state index contributed by atoms with van der Waals surface area (Å²) in [6, 6.07) is 13.2. The van der Waals surface area contributed by atoms with Crippen molar-refractivity contribution in [2.45, 2.75) is 12.8 Å². The zero-order chi connectivity index (χ0) is 21.2. The van der Waals surface area contributed by atoms with Gasteiger partial charge in [-0.15, -0.1) is 0 Å². The van der Waals surface area contributed by atoms with Crippen LogP contribution in [0.2, 0.25) is 0 Å². The molecule has 0 saturated carbocycles. The van der Waals surface area contributed by atoms with Gasteiger partial charge in [-0.3, -0.25) is 4.79 Å². The number of aromatic amines is 1. The van der Waals surface area contributed by atoms with Crippen LogP contribution in [0.25, 0.3) is 22.3 Å². The summed E-state index contributed by atoms with van der Waals surface area (Å²) in [5.74, 6) is -0.273. The Hall–Kier alpha value is -3.12. The molecule has 2 fully saturated rings. The highest BCUT2D eigenvalue weighted by Crippen LogP contribution is 2.29. The zero-order valence-electron chi connectivity index (χ0n) is 17.5. The molecular formula is C25H27FN4O. The summed E-state index contributed by atoms with van der Waals surface area (Å²) in [7, 11) is 0. The lowest BCUT2D eigenvalue weighted by Gasteiger charge is -2.29. The second kappa shape index (κ2) is 8.55. The molecule has 2 saturated heterocycles. The molecule has 3 aromatic rings. The lowest BCUT2D eigenvalue weighted by molar-refractivity contribution is 0.589. The topological polar surface area (TPSA) is 51.4 Å². The average molecular weight is 419 g/mol. The number of H-pyrrole nitrogens is 1. The van der Waals surface area contributed by atoms with Crippen molar-refractivity contribution in [1.29, 1.82) is 0 Å². The van der Waals surface area contributed by atoms with E-state index in [4.69, 9.17) is 0 Å². The maximum atomic E-state index is 14.8. The van der Waals surface area contributed by atoms with Gasteiger partial charge in [0.1, 0.15) is 5.82 Å². The summed E-state index contributed by atoms with van der Waals surface area (Å²) in [4.78, 5) is 20.8. The van der Waals surface area contributed by atoms with Crippen LogP contribution in [-0.4, -0.2) is 44.3 Å². The average Bonchev–Trinajstić information content (AvgIpc) is 3.34. The Labute approximate surface area is 181 Å². The van der Waals surface area contributed by atoms with Gasteiger partial charge in [0.05, 0.1) is 5.69 Å². The Morgan fingerprint density at radius 1 is 0.806 bits per heavy atom. The summed E-state index contributed by atoms with van der Waals surface area (Å²) < 4.78 is 14.8. The first-order valence-electron chi connectivity index (χ1n) is 11.0. The van der Waals surface area contributed by atoms with Gasteiger partial charge < -0.3 is 20.1 Å². The number of hydrogen-bond acceptors (Lipinski definition) is 4. The summed E-state index contributed by atoms with van der Waals surface area (Å²) in [5, 5.41) is 3.36. The van der Waals surface area contributed by atoms with Crippen molar-refractivity contribution >= 4 is 11.4 Å². The fourth-order valence-electron chi connectivity index (χ4n) is 4.60. The molecule has 3 heterocycles.